The first-order valence-electron chi connectivity index (χ1n) is 5.20. The van der Waals surface area contributed by atoms with Crippen molar-refractivity contribution in [3.05, 3.63) is 35.0 Å². The molecule has 2 rings (SSSR count). The van der Waals surface area contributed by atoms with E-state index in [9.17, 15) is 4.79 Å². The number of aromatic amines is 1. The van der Waals surface area contributed by atoms with Crippen molar-refractivity contribution >= 4 is 28.3 Å². The van der Waals surface area contributed by atoms with E-state index in [0.29, 0.717) is 17.0 Å². The van der Waals surface area contributed by atoms with E-state index >= 15 is 0 Å². The predicted molar refractivity (Wildman–Crippen MR) is 65.9 cm³/mol. The Labute approximate surface area is 98.6 Å². The molecule has 84 valence electrons. The number of rotatable bonds is 3. The molecule has 3 nitrogen and oxygen atoms in total. The van der Waals surface area contributed by atoms with Crippen molar-refractivity contribution in [1.29, 1.82) is 0 Å². The molecule has 2 aromatic rings. The third kappa shape index (κ3) is 1.72. The van der Waals surface area contributed by atoms with Crippen molar-refractivity contribution in [3.8, 4) is 0 Å². The third-order valence-corrected chi connectivity index (χ3v) is 3.01. The molecule has 3 N–H and O–H groups in total. The van der Waals surface area contributed by atoms with E-state index in [1.165, 1.54) is 0 Å². The molecule has 0 saturated carbocycles. The zero-order chi connectivity index (χ0) is 11.7. The summed E-state index contributed by atoms with van der Waals surface area (Å²) >= 11 is 6.08. The Hall–Kier alpha value is -1.32. The zero-order valence-electron chi connectivity index (χ0n) is 8.96. The van der Waals surface area contributed by atoms with Crippen molar-refractivity contribution in [2.45, 2.75) is 19.4 Å². The first-order valence-corrected chi connectivity index (χ1v) is 5.58. The number of carbonyl (C=O) groups is 1. The monoisotopic (exact) mass is 236 g/mol. The molecule has 4 heteroatoms. The Morgan fingerprint density at radius 2 is 2.31 bits per heavy atom. The van der Waals surface area contributed by atoms with Crippen LogP contribution in [-0.2, 0) is 0 Å². The minimum atomic E-state index is -0.463. The molecule has 1 aromatic carbocycles. The summed E-state index contributed by atoms with van der Waals surface area (Å²) in [7, 11) is 0. The van der Waals surface area contributed by atoms with E-state index in [0.717, 1.165) is 10.9 Å². The van der Waals surface area contributed by atoms with Crippen LogP contribution in [0.3, 0.4) is 0 Å². The van der Waals surface area contributed by atoms with Crippen LogP contribution in [0.4, 0.5) is 0 Å². The summed E-state index contributed by atoms with van der Waals surface area (Å²) in [4.78, 5) is 15.0. The second kappa shape index (κ2) is 4.28. The average Bonchev–Trinajstić information content (AvgIpc) is 2.72. The van der Waals surface area contributed by atoms with Gasteiger partial charge in [0.05, 0.1) is 11.1 Å². The maximum Gasteiger partial charge on any atom is 0.181 e. The number of benzene rings is 1. The Bertz CT molecular complexity index is 533. The average molecular weight is 237 g/mol. The number of carbonyl (C=O) groups excluding carboxylic acids is 1. The van der Waals surface area contributed by atoms with Gasteiger partial charge in [0.25, 0.3) is 0 Å². The van der Waals surface area contributed by atoms with E-state index in [1.807, 2.05) is 19.1 Å². The van der Waals surface area contributed by atoms with Crippen LogP contribution >= 0.6 is 11.6 Å². The largest absolute Gasteiger partial charge is 0.360 e. The summed E-state index contributed by atoms with van der Waals surface area (Å²) in [6.07, 6.45) is 2.30. The third-order valence-electron chi connectivity index (χ3n) is 2.70. The quantitative estimate of drug-likeness (QED) is 0.805. The van der Waals surface area contributed by atoms with Gasteiger partial charge in [-0.2, -0.15) is 0 Å². The molecular weight excluding hydrogens is 224 g/mol. The van der Waals surface area contributed by atoms with Crippen molar-refractivity contribution in [3.63, 3.8) is 0 Å². The lowest BCUT2D eigenvalue weighted by Gasteiger charge is -2.06. The molecule has 0 saturated heterocycles. The molecule has 0 spiro atoms. The zero-order valence-corrected chi connectivity index (χ0v) is 9.71. The molecule has 16 heavy (non-hydrogen) atoms. The van der Waals surface area contributed by atoms with Gasteiger partial charge in [0, 0.05) is 22.7 Å². The smallest absolute Gasteiger partial charge is 0.181 e. The molecule has 0 aliphatic rings. The van der Waals surface area contributed by atoms with Crippen molar-refractivity contribution in [2.24, 2.45) is 5.73 Å². The number of hydrogen-bond acceptors (Lipinski definition) is 2. The van der Waals surface area contributed by atoms with Crippen LogP contribution in [0.15, 0.2) is 24.4 Å². The van der Waals surface area contributed by atoms with Crippen LogP contribution in [-0.4, -0.2) is 16.8 Å². The first-order chi connectivity index (χ1) is 7.65. The molecule has 0 aliphatic heterocycles. The highest BCUT2D eigenvalue weighted by Crippen LogP contribution is 2.27. The lowest BCUT2D eigenvalue weighted by Crippen LogP contribution is -2.29. The molecular formula is C12H13ClN2O. The second-order valence-corrected chi connectivity index (χ2v) is 4.15. The fourth-order valence-electron chi connectivity index (χ4n) is 1.72. The molecule has 0 amide bonds. The standard InChI is InChI=1S/C12H13ClN2O/c1-2-9(14)12(16)7-6-15-10-5-3-4-8(13)11(7)10/h3-6,9,15H,2,14H2,1H3. The fraction of sp³-hybridized carbons (Fsp3) is 0.250. The number of H-pyrrole nitrogens is 1. The molecule has 1 unspecified atom stereocenters. The molecule has 0 aliphatic carbocycles. The van der Waals surface area contributed by atoms with Crippen LogP contribution in [0.25, 0.3) is 10.9 Å². The van der Waals surface area contributed by atoms with Crippen molar-refractivity contribution in [2.75, 3.05) is 0 Å². The summed E-state index contributed by atoms with van der Waals surface area (Å²) in [5, 5.41) is 1.34. The van der Waals surface area contributed by atoms with Gasteiger partial charge in [-0.15, -0.1) is 0 Å². The summed E-state index contributed by atoms with van der Waals surface area (Å²) in [6, 6.07) is 5.03. The predicted octanol–water partition coefficient (Wildman–Crippen LogP) is 2.74. The van der Waals surface area contributed by atoms with Gasteiger partial charge >= 0.3 is 0 Å². The van der Waals surface area contributed by atoms with Gasteiger partial charge in [-0.3, -0.25) is 4.79 Å². The molecule has 1 aromatic heterocycles. The normalized spacial score (nSPS) is 12.9. The highest BCUT2D eigenvalue weighted by molar-refractivity contribution is 6.37. The number of ketones is 1. The minimum Gasteiger partial charge on any atom is -0.360 e. The van der Waals surface area contributed by atoms with Gasteiger partial charge < -0.3 is 10.7 Å². The van der Waals surface area contributed by atoms with Gasteiger partial charge in [0.1, 0.15) is 0 Å². The van der Waals surface area contributed by atoms with E-state index in [4.69, 9.17) is 17.3 Å². The van der Waals surface area contributed by atoms with Crippen LogP contribution < -0.4 is 5.73 Å². The van der Waals surface area contributed by atoms with Crippen LogP contribution in [0, 0.1) is 0 Å². The van der Waals surface area contributed by atoms with Crippen molar-refractivity contribution < 1.29 is 4.79 Å². The van der Waals surface area contributed by atoms with Gasteiger partial charge in [-0.05, 0) is 18.6 Å². The molecule has 0 bridgehead atoms. The second-order valence-electron chi connectivity index (χ2n) is 3.74. The van der Waals surface area contributed by atoms with Crippen LogP contribution in [0.2, 0.25) is 5.02 Å². The number of hydrogen-bond donors (Lipinski definition) is 2. The van der Waals surface area contributed by atoms with Gasteiger partial charge in [0.2, 0.25) is 0 Å². The van der Waals surface area contributed by atoms with Gasteiger partial charge in [-0.25, -0.2) is 0 Å². The van der Waals surface area contributed by atoms with E-state index in [1.54, 1.807) is 12.3 Å². The minimum absolute atomic E-state index is 0.0677. The summed E-state index contributed by atoms with van der Waals surface area (Å²) < 4.78 is 0. The lowest BCUT2D eigenvalue weighted by atomic mass is 10.0. The van der Waals surface area contributed by atoms with Crippen LogP contribution in [0.5, 0.6) is 0 Å². The molecule has 0 fully saturated rings. The summed E-state index contributed by atoms with van der Waals surface area (Å²) in [5.41, 5.74) is 7.18. The van der Waals surface area contributed by atoms with Crippen LogP contribution in [0.1, 0.15) is 23.7 Å². The van der Waals surface area contributed by atoms with Gasteiger partial charge in [0.15, 0.2) is 5.78 Å². The Morgan fingerprint density at radius 1 is 1.56 bits per heavy atom. The van der Waals surface area contributed by atoms with E-state index in [2.05, 4.69) is 4.98 Å². The Morgan fingerprint density at radius 3 is 3.00 bits per heavy atom. The van der Waals surface area contributed by atoms with Gasteiger partial charge in [-0.1, -0.05) is 24.6 Å². The molecule has 1 atom stereocenters. The number of Topliss-reactive ketones (excluding diaryl/α,β-unsaturated/α-hetero) is 1. The topological polar surface area (TPSA) is 58.9 Å². The Balaban J connectivity index is 2.57. The number of aromatic nitrogens is 1. The van der Waals surface area contributed by atoms with E-state index in [-0.39, 0.29) is 5.78 Å². The maximum atomic E-state index is 12.0. The Kier molecular flexibility index (Phi) is 2.99. The summed E-state index contributed by atoms with van der Waals surface area (Å²) in [5.74, 6) is -0.0677. The first kappa shape index (κ1) is 11.2. The molecule has 1 heterocycles. The molecule has 0 radical (unpaired) electrons. The van der Waals surface area contributed by atoms with Crippen molar-refractivity contribution in [1.82, 2.24) is 4.98 Å². The number of nitrogens with two attached hydrogens (primary N) is 1. The fourth-order valence-corrected chi connectivity index (χ4v) is 2.00. The maximum absolute atomic E-state index is 12.0. The lowest BCUT2D eigenvalue weighted by molar-refractivity contribution is 0.0961. The highest BCUT2D eigenvalue weighted by atomic mass is 35.5. The number of halogens is 1. The summed E-state index contributed by atoms with van der Waals surface area (Å²) in [6.45, 7) is 1.89. The van der Waals surface area contributed by atoms with E-state index < -0.39 is 6.04 Å². The SMILES string of the molecule is CCC(N)C(=O)c1c[nH]c2cccc(Cl)c12. The highest BCUT2D eigenvalue weighted by Gasteiger charge is 2.18. The number of fused-ring (bicyclic) bond motifs is 1. The number of nitrogens with one attached hydrogen (secondary N) is 1.